The average molecular weight is 273 g/mol. The molecule has 0 spiro atoms. The molecule has 0 bridgehead atoms. The normalized spacial score (nSPS) is 11.8. The van der Waals surface area contributed by atoms with Crippen molar-refractivity contribution in [1.82, 2.24) is 19.3 Å². The molecule has 8 heteroatoms. The minimum atomic E-state index is -2.46. The van der Waals surface area contributed by atoms with Crippen LogP contribution in [0.5, 0.6) is 0 Å². The van der Waals surface area contributed by atoms with E-state index in [-0.39, 0.29) is 6.61 Å². The fraction of sp³-hybridized carbons (Fsp3) is 0.636. The molecule has 2 rings (SSSR count). The number of aryl methyl sites for hydroxylation is 2. The molecular weight excluding hydrogens is 256 g/mol. The van der Waals surface area contributed by atoms with Crippen molar-refractivity contribution in [3.63, 3.8) is 0 Å². The minimum absolute atomic E-state index is 0.161. The summed E-state index contributed by atoms with van der Waals surface area (Å²) in [5.74, 6) is 0.346. The van der Waals surface area contributed by atoms with Gasteiger partial charge in [0.05, 0.1) is 18.8 Å². The molecule has 0 saturated carbocycles. The minimum Gasteiger partial charge on any atom is -0.374 e. The van der Waals surface area contributed by atoms with Gasteiger partial charge in [-0.15, -0.1) is 0 Å². The summed E-state index contributed by atoms with van der Waals surface area (Å²) in [7, 11) is 0. The molecule has 0 atom stereocenters. The van der Waals surface area contributed by atoms with Crippen LogP contribution in [0.3, 0.4) is 0 Å². The van der Waals surface area contributed by atoms with Gasteiger partial charge in [0.25, 0.3) is 6.43 Å². The third-order valence-corrected chi connectivity index (χ3v) is 2.83. The fourth-order valence-electron chi connectivity index (χ4n) is 2.01. The average Bonchev–Trinajstić information content (AvgIpc) is 2.83. The molecule has 0 fully saturated rings. The number of hydrogen-bond acceptors (Lipinski definition) is 4. The zero-order valence-electron chi connectivity index (χ0n) is 10.9. The quantitative estimate of drug-likeness (QED) is 0.808. The molecule has 0 aliphatic rings. The standard InChI is InChI=1S/C11H17F2N5O/c1-3-18-10-9(7(2)16-18)15-11(14)17(10)4-5-19-6-8(12)13/h8H,3-6H2,1-2H3,(H2,14,15). The van der Waals surface area contributed by atoms with E-state index in [9.17, 15) is 8.78 Å². The summed E-state index contributed by atoms with van der Waals surface area (Å²) < 4.78 is 32.3. The van der Waals surface area contributed by atoms with Crippen LogP contribution < -0.4 is 5.73 Å². The second-order valence-electron chi connectivity index (χ2n) is 4.16. The third kappa shape index (κ3) is 2.67. The SMILES string of the molecule is CCn1nc(C)c2nc(N)n(CCOCC(F)F)c21. The van der Waals surface area contributed by atoms with Crippen LogP contribution in [0.1, 0.15) is 12.6 Å². The number of fused-ring (bicyclic) bond motifs is 1. The lowest BCUT2D eigenvalue weighted by Gasteiger charge is -2.08. The first-order valence-electron chi connectivity index (χ1n) is 6.09. The van der Waals surface area contributed by atoms with Gasteiger partial charge in [-0.25, -0.2) is 18.4 Å². The molecule has 2 aromatic heterocycles. The van der Waals surface area contributed by atoms with E-state index >= 15 is 0 Å². The number of hydrogen-bond donors (Lipinski definition) is 1. The molecular formula is C11H17F2N5O. The van der Waals surface area contributed by atoms with E-state index in [1.165, 1.54) is 0 Å². The highest BCUT2D eigenvalue weighted by molar-refractivity contribution is 5.77. The number of aromatic nitrogens is 4. The van der Waals surface area contributed by atoms with Crippen LogP contribution in [0, 0.1) is 6.92 Å². The van der Waals surface area contributed by atoms with E-state index in [1.807, 2.05) is 13.8 Å². The zero-order chi connectivity index (χ0) is 14.0. The van der Waals surface area contributed by atoms with Crippen molar-refractivity contribution < 1.29 is 13.5 Å². The van der Waals surface area contributed by atoms with Crippen molar-refractivity contribution in [3.05, 3.63) is 5.69 Å². The summed E-state index contributed by atoms with van der Waals surface area (Å²) in [4.78, 5) is 4.25. The van der Waals surface area contributed by atoms with Gasteiger partial charge < -0.3 is 10.5 Å². The highest BCUT2D eigenvalue weighted by Gasteiger charge is 2.16. The maximum absolute atomic E-state index is 12.0. The number of ether oxygens (including phenoxy) is 1. The Morgan fingerprint density at radius 3 is 2.79 bits per heavy atom. The van der Waals surface area contributed by atoms with Crippen molar-refractivity contribution >= 4 is 17.1 Å². The summed E-state index contributed by atoms with van der Waals surface area (Å²) >= 11 is 0. The molecule has 19 heavy (non-hydrogen) atoms. The fourth-order valence-corrected chi connectivity index (χ4v) is 2.01. The predicted molar refractivity (Wildman–Crippen MR) is 67.2 cm³/mol. The first kappa shape index (κ1) is 13.7. The number of halogens is 2. The molecule has 0 radical (unpaired) electrons. The largest absolute Gasteiger partial charge is 0.374 e. The first-order valence-corrected chi connectivity index (χ1v) is 6.09. The molecule has 6 nitrogen and oxygen atoms in total. The van der Waals surface area contributed by atoms with E-state index in [0.29, 0.717) is 19.0 Å². The highest BCUT2D eigenvalue weighted by Crippen LogP contribution is 2.20. The zero-order valence-corrected chi connectivity index (χ0v) is 10.9. The van der Waals surface area contributed by atoms with E-state index in [1.54, 1.807) is 9.25 Å². The second kappa shape index (κ2) is 5.52. The number of anilines is 1. The van der Waals surface area contributed by atoms with Crippen LogP contribution in [0.25, 0.3) is 11.2 Å². The van der Waals surface area contributed by atoms with Gasteiger partial charge in [-0.3, -0.25) is 4.57 Å². The lowest BCUT2D eigenvalue weighted by atomic mass is 10.4. The molecule has 0 aliphatic heterocycles. The smallest absolute Gasteiger partial charge is 0.261 e. The lowest BCUT2D eigenvalue weighted by Crippen LogP contribution is -2.14. The molecule has 0 unspecified atom stereocenters. The number of nitrogen functional groups attached to an aromatic ring is 1. The van der Waals surface area contributed by atoms with Crippen molar-refractivity contribution in [1.29, 1.82) is 0 Å². The van der Waals surface area contributed by atoms with Gasteiger partial charge in [-0.05, 0) is 13.8 Å². The Balaban J connectivity index is 2.19. The van der Waals surface area contributed by atoms with Gasteiger partial charge in [0, 0.05) is 6.54 Å². The Morgan fingerprint density at radius 1 is 1.42 bits per heavy atom. The molecule has 0 aromatic carbocycles. The number of nitrogens with two attached hydrogens (primary N) is 1. The van der Waals surface area contributed by atoms with Gasteiger partial charge in [0.2, 0.25) is 5.95 Å². The molecule has 2 aromatic rings. The van der Waals surface area contributed by atoms with Crippen molar-refractivity contribution in [2.75, 3.05) is 18.9 Å². The maximum atomic E-state index is 12.0. The van der Waals surface area contributed by atoms with Gasteiger partial charge in [0.1, 0.15) is 12.1 Å². The van der Waals surface area contributed by atoms with Crippen LogP contribution in [-0.4, -0.2) is 39.0 Å². The summed E-state index contributed by atoms with van der Waals surface area (Å²) in [5.41, 5.74) is 8.19. The lowest BCUT2D eigenvalue weighted by molar-refractivity contribution is 0.0151. The van der Waals surface area contributed by atoms with Crippen LogP contribution >= 0.6 is 0 Å². The Bertz CT molecular complexity index is 563. The van der Waals surface area contributed by atoms with E-state index < -0.39 is 13.0 Å². The molecule has 2 N–H and O–H groups in total. The van der Waals surface area contributed by atoms with E-state index in [0.717, 1.165) is 16.9 Å². The first-order chi connectivity index (χ1) is 9.04. The van der Waals surface area contributed by atoms with Gasteiger partial charge in [-0.1, -0.05) is 0 Å². The number of imidazole rings is 1. The maximum Gasteiger partial charge on any atom is 0.261 e. The number of nitrogens with zero attached hydrogens (tertiary/aromatic N) is 4. The Kier molecular flexibility index (Phi) is 3.98. The molecule has 0 saturated heterocycles. The van der Waals surface area contributed by atoms with Crippen LogP contribution in [-0.2, 0) is 17.8 Å². The Morgan fingerprint density at radius 2 is 2.16 bits per heavy atom. The Hall–Kier alpha value is -1.70. The number of alkyl halides is 2. The topological polar surface area (TPSA) is 70.9 Å². The van der Waals surface area contributed by atoms with Gasteiger partial charge in [-0.2, -0.15) is 5.10 Å². The molecule has 0 aliphatic carbocycles. The van der Waals surface area contributed by atoms with Crippen LogP contribution in [0.2, 0.25) is 0 Å². The summed E-state index contributed by atoms with van der Waals surface area (Å²) in [6, 6.07) is 0. The van der Waals surface area contributed by atoms with Crippen molar-refractivity contribution in [2.45, 2.75) is 33.4 Å². The van der Waals surface area contributed by atoms with Crippen molar-refractivity contribution in [3.8, 4) is 0 Å². The van der Waals surface area contributed by atoms with Crippen LogP contribution in [0.15, 0.2) is 0 Å². The van der Waals surface area contributed by atoms with E-state index in [2.05, 4.69) is 10.1 Å². The molecule has 0 amide bonds. The van der Waals surface area contributed by atoms with Crippen LogP contribution in [0.4, 0.5) is 14.7 Å². The molecule has 106 valence electrons. The van der Waals surface area contributed by atoms with Gasteiger partial charge in [0.15, 0.2) is 5.65 Å². The van der Waals surface area contributed by atoms with Crippen molar-refractivity contribution in [2.24, 2.45) is 0 Å². The summed E-state index contributed by atoms with van der Waals surface area (Å²) in [6.45, 7) is 4.48. The third-order valence-electron chi connectivity index (χ3n) is 2.83. The molecule has 2 heterocycles. The summed E-state index contributed by atoms with van der Waals surface area (Å²) in [5, 5.41) is 4.34. The monoisotopic (exact) mass is 273 g/mol. The number of rotatable bonds is 6. The second-order valence-corrected chi connectivity index (χ2v) is 4.16. The van der Waals surface area contributed by atoms with Gasteiger partial charge >= 0.3 is 0 Å². The predicted octanol–water partition coefficient (Wildman–Crippen LogP) is 1.43. The van der Waals surface area contributed by atoms with E-state index in [4.69, 9.17) is 10.5 Å². The highest BCUT2D eigenvalue weighted by atomic mass is 19.3. The Labute approximate surface area is 109 Å². The summed E-state index contributed by atoms with van der Waals surface area (Å²) in [6.07, 6.45) is -2.46.